The van der Waals surface area contributed by atoms with Gasteiger partial charge in [0.25, 0.3) is 0 Å². The van der Waals surface area contributed by atoms with Crippen LogP contribution in [0.5, 0.6) is 0 Å². The van der Waals surface area contributed by atoms with E-state index in [1.807, 2.05) is 87.5 Å². The van der Waals surface area contributed by atoms with E-state index in [-0.39, 0.29) is 30.8 Å². The van der Waals surface area contributed by atoms with Gasteiger partial charge in [0, 0.05) is 32.0 Å². The summed E-state index contributed by atoms with van der Waals surface area (Å²) >= 11 is 0. The Hall–Kier alpha value is -3.65. The van der Waals surface area contributed by atoms with Gasteiger partial charge < -0.3 is 10.2 Å². The lowest BCUT2D eigenvalue weighted by Crippen LogP contribution is -2.52. The molecule has 3 aromatic rings. The number of aryl methyl sites for hydroxylation is 2. The molecule has 0 bridgehead atoms. The maximum atomic E-state index is 14.1. The number of nitrogens with one attached hydrogen (secondary N) is 1. The van der Waals surface area contributed by atoms with Crippen LogP contribution in [0.1, 0.15) is 72.8 Å². The molecule has 44 heavy (non-hydrogen) atoms. The van der Waals surface area contributed by atoms with E-state index in [1.54, 1.807) is 11.0 Å². The van der Waals surface area contributed by atoms with E-state index in [1.165, 1.54) is 17.0 Å². The van der Waals surface area contributed by atoms with Crippen molar-refractivity contribution in [2.24, 2.45) is 0 Å². The number of nitrogens with zero attached hydrogens (tertiary/aromatic N) is 2. The van der Waals surface area contributed by atoms with E-state index in [4.69, 9.17) is 0 Å². The lowest BCUT2D eigenvalue weighted by Gasteiger charge is -2.34. The summed E-state index contributed by atoms with van der Waals surface area (Å²) in [6, 6.07) is 22.9. The summed E-state index contributed by atoms with van der Waals surface area (Å²) in [6.07, 6.45) is 7.32. The minimum atomic E-state index is -3.57. The first-order valence-corrected chi connectivity index (χ1v) is 17.6. The van der Waals surface area contributed by atoms with E-state index in [0.29, 0.717) is 25.1 Å². The predicted octanol–water partition coefficient (Wildman–Crippen LogP) is 6.25. The molecule has 1 fully saturated rings. The zero-order valence-corrected chi connectivity index (χ0v) is 27.4. The summed E-state index contributed by atoms with van der Waals surface area (Å²) in [6.45, 7) is 6.35. The normalized spacial score (nSPS) is 14.5. The summed E-state index contributed by atoms with van der Waals surface area (Å²) in [5.74, 6) is -0.297. The quantitative estimate of drug-likeness (QED) is 0.246. The fourth-order valence-corrected chi connectivity index (χ4v) is 6.99. The summed E-state index contributed by atoms with van der Waals surface area (Å²) in [7, 11) is -3.57. The van der Waals surface area contributed by atoms with Gasteiger partial charge in [-0.1, -0.05) is 91.6 Å². The highest BCUT2D eigenvalue weighted by Crippen LogP contribution is 2.26. The fourth-order valence-electron chi connectivity index (χ4n) is 5.98. The molecule has 1 N–H and O–H groups in total. The molecule has 1 atom stereocenters. The minimum Gasteiger partial charge on any atom is -0.352 e. The van der Waals surface area contributed by atoms with E-state index in [0.717, 1.165) is 53.5 Å². The number of sulfonamides is 1. The first kappa shape index (κ1) is 33.2. The Labute approximate surface area is 263 Å². The van der Waals surface area contributed by atoms with Crippen LogP contribution in [0, 0.1) is 20.8 Å². The van der Waals surface area contributed by atoms with Gasteiger partial charge in [-0.05, 0) is 68.4 Å². The Balaban J connectivity index is 1.60. The number of hydrogen-bond donors (Lipinski definition) is 1. The Kier molecular flexibility index (Phi) is 11.6. The summed E-state index contributed by atoms with van der Waals surface area (Å²) in [5, 5.41) is 3.28. The maximum absolute atomic E-state index is 14.1. The molecule has 0 radical (unpaired) electrons. The maximum Gasteiger partial charge on any atom is 0.243 e. The third-order valence-electron chi connectivity index (χ3n) is 8.69. The number of anilines is 1. The van der Waals surface area contributed by atoms with Crippen molar-refractivity contribution >= 4 is 27.5 Å². The van der Waals surface area contributed by atoms with Gasteiger partial charge in [-0.3, -0.25) is 13.9 Å². The Morgan fingerprint density at radius 3 is 2.20 bits per heavy atom. The van der Waals surface area contributed by atoms with Crippen molar-refractivity contribution in [1.82, 2.24) is 10.2 Å². The van der Waals surface area contributed by atoms with Gasteiger partial charge in [-0.25, -0.2) is 8.42 Å². The first-order chi connectivity index (χ1) is 21.0. The van der Waals surface area contributed by atoms with Crippen LogP contribution in [-0.4, -0.2) is 50.0 Å². The van der Waals surface area contributed by atoms with Gasteiger partial charge >= 0.3 is 0 Å². The van der Waals surface area contributed by atoms with Crippen LogP contribution in [0.2, 0.25) is 0 Å². The average molecular weight is 618 g/mol. The molecular weight excluding hydrogens is 570 g/mol. The largest absolute Gasteiger partial charge is 0.352 e. The second-order valence-electron chi connectivity index (χ2n) is 12.2. The van der Waals surface area contributed by atoms with Crippen molar-refractivity contribution < 1.29 is 18.0 Å². The molecule has 0 saturated heterocycles. The second-order valence-corrected chi connectivity index (χ2v) is 14.1. The monoisotopic (exact) mass is 617 g/mol. The molecule has 0 aromatic heterocycles. The molecule has 1 saturated carbocycles. The van der Waals surface area contributed by atoms with Gasteiger partial charge in [0.15, 0.2) is 0 Å². The molecule has 1 aliphatic rings. The van der Waals surface area contributed by atoms with Crippen LogP contribution in [-0.2, 0) is 32.6 Å². The zero-order chi connectivity index (χ0) is 31.7. The van der Waals surface area contributed by atoms with E-state index in [2.05, 4.69) is 5.32 Å². The van der Waals surface area contributed by atoms with Gasteiger partial charge in [0.2, 0.25) is 21.8 Å². The fraction of sp³-hybridized carbons (Fsp3) is 0.444. The third kappa shape index (κ3) is 9.18. The first-order valence-electron chi connectivity index (χ1n) is 15.8. The van der Waals surface area contributed by atoms with Crippen LogP contribution in [0.15, 0.2) is 72.8 Å². The van der Waals surface area contributed by atoms with Crippen molar-refractivity contribution in [3.05, 3.63) is 101 Å². The smallest absolute Gasteiger partial charge is 0.243 e. The van der Waals surface area contributed by atoms with Crippen molar-refractivity contribution in [3.63, 3.8) is 0 Å². The molecule has 7 nitrogen and oxygen atoms in total. The topological polar surface area (TPSA) is 86.8 Å². The van der Waals surface area contributed by atoms with Crippen LogP contribution >= 0.6 is 0 Å². The zero-order valence-electron chi connectivity index (χ0n) is 26.6. The van der Waals surface area contributed by atoms with Crippen LogP contribution in [0.3, 0.4) is 0 Å². The Morgan fingerprint density at radius 2 is 1.55 bits per heavy atom. The average Bonchev–Trinajstić information content (AvgIpc) is 3.00. The molecule has 0 spiro atoms. The molecule has 1 unspecified atom stereocenters. The summed E-state index contributed by atoms with van der Waals surface area (Å²) in [4.78, 5) is 29.8. The van der Waals surface area contributed by atoms with Gasteiger partial charge in [-0.15, -0.1) is 0 Å². The summed E-state index contributed by atoms with van der Waals surface area (Å²) in [5.41, 5.74) is 5.58. The number of amides is 2. The van der Waals surface area contributed by atoms with E-state index >= 15 is 0 Å². The van der Waals surface area contributed by atoms with Crippen molar-refractivity contribution in [1.29, 1.82) is 0 Å². The van der Waals surface area contributed by atoms with Crippen molar-refractivity contribution in [3.8, 4) is 0 Å². The molecule has 236 valence electrons. The SMILES string of the molecule is Cc1ccc(CN(C(=O)CCCN(c2cccc(C)c2C)S(C)(=O)=O)C(Cc2ccccc2)C(=O)NC2CCCCC2)cc1. The molecule has 4 rings (SSSR count). The molecule has 2 amide bonds. The van der Waals surface area contributed by atoms with Gasteiger partial charge in [-0.2, -0.15) is 0 Å². The molecular formula is C36H47N3O4S. The standard InChI is InChI=1S/C36H47N3O4S/c1-27-20-22-31(23-21-27)26-38(34(25-30-14-7-5-8-15-30)36(41)37-32-16-9-6-10-17-32)35(40)19-12-24-39(44(4,42)43)33-18-11-13-28(2)29(33)3/h5,7-8,11,13-15,18,20-23,32,34H,6,9-10,12,16-17,19,24-26H2,1-4H3,(H,37,41). The van der Waals surface area contributed by atoms with E-state index < -0.39 is 16.1 Å². The van der Waals surface area contributed by atoms with E-state index in [9.17, 15) is 18.0 Å². The third-order valence-corrected chi connectivity index (χ3v) is 9.87. The lowest BCUT2D eigenvalue weighted by molar-refractivity contribution is -0.141. The molecule has 0 aliphatic heterocycles. The number of carbonyl (C=O) groups excluding carboxylic acids is 2. The number of carbonyl (C=O) groups is 2. The van der Waals surface area contributed by atoms with Crippen LogP contribution < -0.4 is 9.62 Å². The van der Waals surface area contributed by atoms with Crippen molar-refractivity contribution in [2.75, 3.05) is 17.1 Å². The number of benzene rings is 3. The molecule has 1 aliphatic carbocycles. The van der Waals surface area contributed by atoms with Crippen LogP contribution in [0.4, 0.5) is 5.69 Å². The molecule has 8 heteroatoms. The minimum absolute atomic E-state index is 0.116. The predicted molar refractivity (Wildman–Crippen MR) is 178 cm³/mol. The van der Waals surface area contributed by atoms with Crippen LogP contribution in [0.25, 0.3) is 0 Å². The number of hydrogen-bond acceptors (Lipinski definition) is 4. The highest BCUT2D eigenvalue weighted by atomic mass is 32.2. The number of rotatable bonds is 13. The van der Waals surface area contributed by atoms with Gasteiger partial charge in [0.05, 0.1) is 11.9 Å². The van der Waals surface area contributed by atoms with Crippen molar-refractivity contribution in [2.45, 2.75) is 90.8 Å². The highest BCUT2D eigenvalue weighted by Gasteiger charge is 2.32. The molecule has 0 heterocycles. The molecule has 3 aromatic carbocycles. The van der Waals surface area contributed by atoms with Gasteiger partial charge in [0.1, 0.15) is 6.04 Å². The second kappa shape index (κ2) is 15.4. The lowest BCUT2D eigenvalue weighted by atomic mass is 9.94. The Bertz CT molecular complexity index is 1500. The highest BCUT2D eigenvalue weighted by molar-refractivity contribution is 7.92. The Morgan fingerprint density at radius 1 is 0.864 bits per heavy atom. The summed E-state index contributed by atoms with van der Waals surface area (Å²) < 4.78 is 27.1.